The van der Waals surface area contributed by atoms with Gasteiger partial charge in [-0.2, -0.15) is 8.78 Å². The molecule has 1 saturated heterocycles. The van der Waals surface area contributed by atoms with Gasteiger partial charge in [0.05, 0.1) is 23.1 Å². The van der Waals surface area contributed by atoms with E-state index in [4.69, 9.17) is 13.8 Å². The van der Waals surface area contributed by atoms with Crippen molar-refractivity contribution in [3.05, 3.63) is 58.9 Å². The fourth-order valence-corrected chi connectivity index (χ4v) is 5.57. The lowest BCUT2D eigenvalue weighted by molar-refractivity contribution is -0.0507. The molecular formula is C27H26F2N4O2. The smallest absolute Gasteiger partial charge is 0.387 e. The summed E-state index contributed by atoms with van der Waals surface area (Å²) in [6.45, 7) is -1.93. The Bertz CT molecular complexity index is 1500. The highest BCUT2D eigenvalue weighted by Gasteiger charge is 2.45. The topological polar surface area (TPSA) is 59.4 Å². The van der Waals surface area contributed by atoms with E-state index in [9.17, 15) is 13.6 Å². The summed E-state index contributed by atoms with van der Waals surface area (Å²) < 4.78 is 57.8. The van der Waals surface area contributed by atoms with E-state index in [-0.39, 0.29) is 28.7 Å². The van der Waals surface area contributed by atoms with Crippen LogP contribution in [0.1, 0.15) is 69.7 Å². The lowest BCUT2D eigenvalue weighted by atomic mass is 9.83. The van der Waals surface area contributed by atoms with Crippen molar-refractivity contribution in [3.8, 4) is 17.6 Å². The first-order valence-electron chi connectivity index (χ1n) is 13.2. The van der Waals surface area contributed by atoms with Crippen molar-refractivity contribution >= 4 is 16.9 Å². The number of amides is 1. The van der Waals surface area contributed by atoms with Crippen LogP contribution in [-0.2, 0) is 0 Å². The quantitative estimate of drug-likeness (QED) is 0.550. The Hall–Kier alpha value is -3.44. The molecule has 1 amide bonds. The second-order valence-electron chi connectivity index (χ2n) is 9.67. The van der Waals surface area contributed by atoms with Gasteiger partial charge in [0, 0.05) is 46.2 Å². The van der Waals surface area contributed by atoms with Crippen LogP contribution in [0.2, 0.25) is 0 Å². The molecule has 1 N–H and O–H groups in total. The van der Waals surface area contributed by atoms with Crippen LogP contribution in [0, 0.1) is 17.3 Å². The zero-order valence-corrected chi connectivity index (χ0v) is 19.1. The number of carbonyl (C=O) groups excluding carboxylic acids is 1. The van der Waals surface area contributed by atoms with E-state index in [1.807, 2.05) is 22.8 Å². The summed E-state index contributed by atoms with van der Waals surface area (Å²) in [5.41, 5.74) is 2.22. The molecule has 2 aromatic carbocycles. The average molecular weight is 480 g/mol. The Labute approximate surface area is 206 Å². The number of carbonyl (C=O) groups is 1. The third-order valence-corrected chi connectivity index (χ3v) is 7.26. The molecule has 0 radical (unpaired) electrons. The molecule has 3 atom stereocenters. The van der Waals surface area contributed by atoms with E-state index in [1.54, 1.807) is 0 Å². The number of fused-ring (bicyclic) bond motifs is 9. The largest absolute Gasteiger partial charge is 0.434 e. The van der Waals surface area contributed by atoms with Crippen LogP contribution in [0.3, 0.4) is 0 Å². The van der Waals surface area contributed by atoms with Crippen molar-refractivity contribution in [2.24, 2.45) is 5.41 Å². The fourth-order valence-electron chi connectivity index (χ4n) is 5.57. The molecule has 0 saturated carbocycles. The molecule has 1 unspecified atom stereocenters. The molecule has 180 valence electrons. The first-order valence-corrected chi connectivity index (χ1v) is 11.7. The van der Waals surface area contributed by atoms with Crippen molar-refractivity contribution in [1.82, 2.24) is 19.8 Å². The molecule has 6 nitrogen and oxygen atoms in total. The number of nitrogens with zero attached hydrogens (tertiary/aromatic N) is 3. The van der Waals surface area contributed by atoms with E-state index in [1.165, 1.54) is 18.2 Å². The Morgan fingerprint density at radius 3 is 2.97 bits per heavy atom. The van der Waals surface area contributed by atoms with Crippen LogP contribution >= 0.6 is 0 Å². The Balaban J connectivity index is 1.54. The monoisotopic (exact) mass is 479 g/mol. The summed E-state index contributed by atoms with van der Waals surface area (Å²) in [5.74, 6) is 6.19. The second kappa shape index (κ2) is 8.06. The lowest BCUT2D eigenvalue weighted by Crippen LogP contribution is -2.36. The van der Waals surface area contributed by atoms with Crippen LogP contribution in [0.4, 0.5) is 8.78 Å². The Morgan fingerprint density at radius 1 is 1.31 bits per heavy atom. The minimum Gasteiger partial charge on any atom is -0.434 e. The minimum atomic E-state index is -3.10. The van der Waals surface area contributed by atoms with Gasteiger partial charge in [-0.25, -0.2) is 4.98 Å². The Morgan fingerprint density at radius 2 is 2.20 bits per heavy atom. The molecule has 1 aromatic heterocycles. The van der Waals surface area contributed by atoms with Crippen molar-refractivity contribution in [2.45, 2.75) is 44.9 Å². The molecule has 8 heteroatoms. The van der Waals surface area contributed by atoms with E-state index in [0.29, 0.717) is 16.9 Å². The summed E-state index contributed by atoms with van der Waals surface area (Å²) in [7, 11) is 0. The first-order chi connectivity index (χ1) is 18.1. The maximum atomic E-state index is 13.5. The van der Waals surface area contributed by atoms with Crippen LogP contribution in [-0.4, -0.2) is 47.0 Å². The van der Waals surface area contributed by atoms with E-state index < -0.39 is 31.6 Å². The zero-order valence-electron chi connectivity index (χ0n) is 22.1. The van der Waals surface area contributed by atoms with Gasteiger partial charge in [0.1, 0.15) is 11.6 Å². The minimum absolute atomic E-state index is 0.0351. The number of halogens is 2. The van der Waals surface area contributed by atoms with Gasteiger partial charge in [-0.05, 0) is 56.6 Å². The van der Waals surface area contributed by atoms with Crippen molar-refractivity contribution in [2.75, 3.05) is 20.1 Å². The van der Waals surface area contributed by atoms with Crippen LogP contribution < -0.4 is 10.1 Å². The highest BCUT2D eigenvalue weighted by Crippen LogP contribution is 2.50. The maximum absolute atomic E-state index is 13.5. The van der Waals surface area contributed by atoms with Crippen molar-refractivity contribution in [3.63, 3.8) is 0 Å². The summed E-state index contributed by atoms with van der Waals surface area (Å²) in [4.78, 5) is 19.1. The first kappa shape index (κ1) is 18.8. The normalized spacial score (nSPS) is 26.8. The molecule has 0 spiro atoms. The van der Waals surface area contributed by atoms with Crippen LogP contribution in [0.5, 0.6) is 5.75 Å². The molecule has 0 aliphatic carbocycles. The van der Waals surface area contributed by atoms with Gasteiger partial charge >= 0.3 is 6.61 Å². The van der Waals surface area contributed by atoms with Gasteiger partial charge in [0.15, 0.2) is 0 Å². The number of aromatic nitrogens is 2. The zero-order chi connectivity index (χ0) is 26.8. The molecule has 3 aromatic rings. The lowest BCUT2D eigenvalue weighted by Gasteiger charge is -2.28. The predicted molar refractivity (Wildman–Crippen MR) is 127 cm³/mol. The molecule has 4 heterocycles. The number of benzene rings is 2. The molecule has 2 bridgehead atoms. The van der Waals surface area contributed by atoms with E-state index in [2.05, 4.69) is 24.1 Å². The summed E-state index contributed by atoms with van der Waals surface area (Å²) in [6, 6.07) is 8.37. The summed E-state index contributed by atoms with van der Waals surface area (Å²) >= 11 is 0. The van der Waals surface area contributed by atoms with Gasteiger partial charge in [-0.15, -0.1) is 0 Å². The van der Waals surface area contributed by atoms with Gasteiger partial charge in [0.2, 0.25) is 0 Å². The maximum Gasteiger partial charge on any atom is 0.387 e. The molecule has 3 aliphatic rings. The highest BCUT2D eigenvalue weighted by molar-refractivity contribution is 5.97. The van der Waals surface area contributed by atoms with Crippen molar-refractivity contribution in [1.29, 1.82) is 0 Å². The third kappa shape index (κ3) is 3.57. The standard InChI is InChI=1S/C27H26F2N4O2/c1-27(10-4-12-30-15-27)11-9-16-7-8-18-19(13-16)33-20-14-21(24(33)31-18)32(2)25(34)17-5-3-6-22(23(17)20)35-26(28)29/h3,5-8,13,20-21,26,30H,4,10,12,14-15H2,1-2H3/t20-,21-,27?/m1/s1/i2D3. The van der Waals surface area contributed by atoms with Gasteiger partial charge in [0.25, 0.3) is 5.91 Å². The number of rotatable bonds is 2. The summed E-state index contributed by atoms with van der Waals surface area (Å²) in [5, 5.41) is 3.39. The number of alkyl halides is 2. The second-order valence-corrected chi connectivity index (χ2v) is 9.67. The predicted octanol–water partition coefficient (Wildman–Crippen LogP) is 4.50. The number of imidazole rings is 1. The van der Waals surface area contributed by atoms with Gasteiger partial charge in [-0.3, -0.25) is 4.79 Å². The van der Waals surface area contributed by atoms with E-state index >= 15 is 0 Å². The number of nitrogens with one attached hydrogen (secondary N) is 1. The highest BCUT2D eigenvalue weighted by atomic mass is 19.3. The fraction of sp³-hybridized carbons (Fsp3) is 0.407. The number of ether oxygens (including phenoxy) is 1. The van der Waals surface area contributed by atoms with Crippen LogP contribution in [0.25, 0.3) is 11.0 Å². The van der Waals surface area contributed by atoms with Crippen LogP contribution in [0.15, 0.2) is 36.4 Å². The molecule has 6 rings (SSSR count). The molecular weight excluding hydrogens is 450 g/mol. The SMILES string of the molecule is [2H]C([2H])([2H])N1C(=O)c2cccc(OC(F)F)c2[C@H]2C[C@@H]1c1nc3ccc(C#CC4(C)CCCNC4)cc3n12. The van der Waals surface area contributed by atoms with Gasteiger partial charge < -0.3 is 19.5 Å². The van der Waals surface area contributed by atoms with E-state index in [0.717, 1.165) is 36.4 Å². The Kier molecular flexibility index (Phi) is 4.34. The number of piperidine rings is 1. The van der Waals surface area contributed by atoms with Crippen molar-refractivity contribution < 1.29 is 22.4 Å². The van der Waals surface area contributed by atoms with Gasteiger partial charge in [-0.1, -0.05) is 17.9 Å². The summed E-state index contributed by atoms with van der Waals surface area (Å²) in [6.07, 6.45) is 2.24. The molecule has 1 fully saturated rings. The number of hydrogen-bond donors (Lipinski definition) is 1. The molecule has 3 aliphatic heterocycles. The average Bonchev–Trinajstić information content (AvgIpc) is 3.35. The third-order valence-electron chi connectivity index (χ3n) is 7.26. The molecule has 35 heavy (non-hydrogen) atoms. The number of hydrogen-bond acceptors (Lipinski definition) is 4.